The third kappa shape index (κ3) is 1.87. The zero-order valence-electron chi connectivity index (χ0n) is 6.44. The number of allylic oxidation sites excluding steroid dienone is 1. The van der Waals surface area contributed by atoms with E-state index in [2.05, 4.69) is 0 Å². The smallest absolute Gasteiger partial charge is 0.207 e. The zero-order chi connectivity index (χ0) is 9.14. The van der Waals surface area contributed by atoms with E-state index in [1.54, 1.807) is 0 Å². The maximum absolute atomic E-state index is 12.3. The van der Waals surface area contributed by atoms with Gasteiger partial charge in [-0.15, -0.1) is 0 Å². The topological polar surface area (TPSA) is 0 Å². The molecule has 0 saturated heterocycles. The molecule has 1 aromatic carbocycles. The van der Waals surface area contributed by atoms with Gasteiger partial charge in [-0.1, -0.05) is 12.1 Å². The fourth-order valence-corrected chi connectivity index (χ4v) is 0.809. The van der Waals surface area contributed by atoms with Crippen LogP contribution >= 0.6 is 0 Å². The Kier molecular flexibility index (Phi) is 2.53. The molecule has 0 saturated carbocycles. The second-order valence-electron chi connectivity index (χ2n) is 2.39. The van der Waals surface area contributed by atoms with Crippen LogP contribution in [-0.2, 0) is 0 Å². The molecule has 0 fully saturated rings. The first-order valence-electron chi connectivity index (χ1n) is 3.39. The predicted molar refractivity (Wildman–Crippen MR) is 41.2 cm³/mol. The molecule has 1 aromatic rings. The SMILES string of the molecule is CC(=C(F)F)c1ccc(F)cc1. The molecular weight excluding hydrogens is 165 g/mol. The molecule has 0 bridgehead atoms. The molecule has 12 heavy (non-hydrogen) atoms. The summed E-state index contributed by atoms with van der Waals surface area (Å²) in [4.78, 5) is 0. The minimum Gasteiger partial charge on any atom is -0.207 e. The Labute approximate surface area is 68.3 Å². The standard InChI is InChI=1S/C9H7F3/c1-6(9(11)12)7-2-4-8(10)5-3-7/h2-5H,1H3. The summed E-state index contributed by atoms with van der Waals surface area (Å²) in [6, 6.07) is 4.96. The predicted octanol–water partition coefficient (Wildman–Crippen LogP) is 3.45. The Morgan fingerprint density at radius 2 is 1.58 bits per heavy atom. The number of rotatable bonds is 1. The normalized spacial score (nSPS) is 9.67. The van der Waals surface area contributed by atoms with Gasteiger partial charge in [0.1, 0.15) is 5.82 Å². The quantitative estimate of drug-likeness (QED) is 0.608. The summed E-state index contributed by atoms with van der Waals surface area (Å²) in [7, 11) is 0. The third-order valence-electron chi connectivity index (χ3n) is 1.56. The molecule has 0 aliphatic carbocycles. The minimum atomic E-state index is -1.73. The van der Waals surface area contributed by atoms with Crippen molar-refractivity contribution in [1.82, 2.24) is 0 Å². The van der Waals surface area contributed by atoms with Crippen molar-refractivity contribution >= 4 is 5.57 Å². The van der Waals surface area contributed by atoms with Crippen LogP contribution in [0.15, 0.2) is 30.3 Å². The number of halogens is 3. The highest BCUT2D eigenvalue weighted by atomic mass is 19.3. The van der Waals surface area contributed by atoms with Crippen molar-refractivity contribution in [3.05, 3.63) is 41.7 Å². The summed E-state index contributed by atoms with van der Waals surface area (Å²) in [6.07, 6.45) is -1.73. The maximum atomic E-state index is 12.3. The minimum absolute atomic E-state index is 0.116. The van der Waals surface area contributed by atoms with E-state index in [1.165, 1.54) is 19.1 Å². The van der Waals surface area contributed by atoms with E-state index >= 15 is 0 Å². The maximum Gasteiger partial charge on any atom is 0.273 e. The Hall–Kier alpha value is -1.25. The zero-order valence-corrected chi connectivity index (χ0v) is 6.44. The Balaban J connectivity index is 3.06. The van der Waals surface area contributed by atoms with Gasteiger partial charge in [0.2, 0.25) is 0 Å². The van der Waals surface area contributed by atoms with E-state index in [4.69, 9.17) is 0 Å². The van der Waals surface area contributed by atoms with E-state index in [9.17, 15) is 13.2 Å². The molecule has 0 aliphatic rings. The molecular formula is C9H7F3. The fourth-order valence-electron chi connectivity index (χ4n) is 0.809. The van der Waals surface area contributed by atoms with E-state index < -0.39 is 11.9 Å². The Morgan fingerprint density at radius 1 is 1.08 bits per heavy atom. The van der Waals surface area contributed by atoms with Gasteiger partial charge in [-0.3, -0.25) is 0 Å². The third-order valence-corrected chi connectivity index (χ3v) is 1.56. The molecule has 0 heterocycles. The van der Waals surface area contributed by atoms with Crippen LogP contribution in [0.4, 0.5) is 13.2 Å². The molecule has 0 N–H and O–H groups in total. The largest absolute Gasteiger partial charge is 0.273 e. The lowest BCUT2D eigenvalue weighted by atomic mass is 10.1. The molecule has 0 radical (unpaired) electrons. The lowest BCUT2D eigenvalue weighted by Crippen LogP contribution is -1.81. The molecule has 0 unspecified atom stereocenters. The van der Waals surface area contributed by atoms with Gasteiger partial charge >= 0.3 is 0 Å². The van der Waals surface area contributed by atoms with Crippen molar-refractivity contribution in [2.45, 2.75) is 6.92 Å². The van der Waals surface area contributed by atoms with Gasteiger partial charge in [0.25, 0.3) is 6.08 Å². The van der Waals surface area contributed by atoms with Crippen LogP contribution in [0.3, 0.4) is 0 Å². The monoisotopic (exact) mass is 172 g/mol. The van der Waals surface area contributed by atoms with Crippen molar-refractivity contribution in [2.24, 2.45) is 0 Å². The van der Waals surface area contributed by atoms with Crippen LogP contribution in [0.2, 0.25) is 0 Å². The van der Waals surface area contributed by atoms with Crippen molar-refractivity contribution in [3.8, 4) is 0 Å². The number of hydrogen-bond acceptors (Lipinski definition) is 0. The van der Waals surface area contributed by atoms with Crippen LogP contribution in [-0.4, -0.2) is 0 Å². The van der Waals surface area contributed by atoms with Gasteiger partial charge in [0.05, 0.1) is 0 Å². The van der Waals surface area contributed by atoms with E-state index in [0.717, 1.165) is 12.1 Å². The van der Waals surface area contributed by atoms with Gasteiger partial charge in [0.15, 0.2) is 0 Å². The van der Waals surface area contributed by atoms with Gasteiger partial charge in [-0.05, 0) is 24.6 Å². The van der Waals surface area contributed by atoms with Gasteiger partial charge in [0, 0.05) is 5.57 Å². The van der Waals surface area contributed by atoms with Crippen LogP contribution in [0.1, 0.15) is 12.5 Å². The molecule has 0 spiro atoms. The van der Waals surface area contributed by atoms with Gasteiger partial charge in [-0.2, -0.15) is 8.78 Å². The summed E-state index contributed by atoms with van der Waals surface area (Å²) in [5, 5.41) is 0. The lowest BCUT2D eigenvalue weighted by Gasteiger charge is -1.98. The second kappa shape index (κ2) is 3.43. The van der Waals surface area contributed by atoms with Crippen LogP contribution in [0, 0.1) is 5.82 Å². The molecule has 0 aliphatic heterocycles. The summed E-state index contributed by atoms with van der Waals surface area (Å²) in [5.74, 6) is -0.425. The molecule has 1 rings (SSSR count). The first-order valence-corrected chi connectivity index (χ1v) is 3.39. The summed E-state index contributed by atoms with van der Waals surface area (Å²) < 4.78 is 36.3. The molecule has 64 valence electrons. The molecule has 0 atom stereocenters. The molecule has 0 nitrogen and oxygen atoms in total. The molecule has 0 amide bonds. The molecule has 3 heteroatoms. The fraction of sp³-hybridized carbons (Fsp3) is 0.111. The lowest BCUT2D eigenvalue weighted by molar-refractivity contribution is 0.425. The number of hydrogen-bond donors (Lipinski definition) is 0. The van der Waals surface area contributed by atoms with Crippen LogP contribution in [0.25, 0.3) is 5.57 Å². The van der Waals surface area contributed by atoms with Crippen molar-refractivity contribution < 1.29 is 13.2 Å². The Bertz CT molecular complexity index is 294. The highest BCUT2D eigenvalue weighted by Gasteiger charge is 2.02. The average molecular weight is 172 g/mol. The number of benzene rings is 1. The first kappa shape index (κ1) is 8.84. The van der Waals surface area contributed by atoms with Crippen LogP contribution < -0.4 is 0 Å². The highest BCUT2D eigenvalue weighted by Crippen LogP contribution is 2.19. The van der Waals surface area contributed by atoms with E-state index in [-0.39, 0.29) is 5.57 Å². The Morgan fingerprint density at radius 3 is 2.00 bits per heavy atom. The van der Waals surface area contributed by atoms with Crippen LogP contribution in [0.5, 0.6) is 0 Å². The van der Waals surface area contributed by atoms with Crippen molar-refractivity contribution in [3.63, 3.8) is 0 Å². The summed E-state index contributed by atoms with van der Waals surface area (Å²) in [5.41, 5.74) is 0.228. The highest BCUT2D eigenvalue weighted by molar-refractivity contribution is 5.63. The van der Waals surface area contributed by atoms with E-state index in [1.807, 2.05) is 0 Å². The second-order valence-corrected chi connectivity index (χ2v) is 2.39. The van der Waals surface area contributed by atoms with Crippen molar-refractivity contribution in [1.29, 1.82) is 0 Å². The van der Waals surface area contributed by atoms with Crippen molar-refractivity contribution in [2.75, 3.05) is 0 Å². The summed E-state index contributed by atoms with van der Waals surface area (Å²) >= 11 is 0. The molecule has 0 aromatic heterocycles. The summed E-state index contributed by atoms with van der Waals surface area (Å²) in [6.45, 7) is 1.29. The van der Waals surface area contributed by atoms with Gasteiger partial charge < -0.3 is 0 Å². The average Bonchev–Trinajstić information content (AvgIpc) is 2.04. The van der Waals surface area contributed by atoms with Gasteiger partial charge in [-0.25, -0.2) is 4.39 Å². The first-order chi connectivity index (χ1) is 5.61. The van der Waals surface area contributed by atoms with E-state index in [0.29, 0.717) is 5.56 Å².